The predicted molar refractivity (Wildman–Crippen MR) is 127 cm³/mol. The van der Waals surface area contributed by atoms with E-state index >= 15 is 0 Å². The van der Waals surface area contributed by atoms with Gasteiger partial charge in [0.2, 0.25) is 0 Å². The van der Waals surface area contributed by atoms with Gasteiger partial charge in [-0.1, -0.05) is 30.3 Å². The zero-order chi connectivity index (χ0) is 23.7. The average Bonchev–Trinajstić information content (AvgIpc) is 3.41. The summed E-state index contributed by atoms with van der Waals surface area (Å²) in [5.41, 5.74) is 3.05. The van der Waals surface area contributed by atoms with Crippen LogP contribution in [0, 0.1) is 6.92 Å². The fourth-order valence-corrected chi connectivity index (χ4v) is 4.28. The molecule has 1 aliphatic heterocycles. The lowest BCUT2D eigenvalue weighted by Crippen LogP contribution is -2.50. The maximum Gasteiger partial charge on any atom is 0.289 e. The summed E-state index contributed by atoms with van der Waals surface area (Å²) in [6.07, 6.45) is 1.47. The molecule has 4 aromatic rings. The molecule has 0 radical (unpaired) electrons. The number of amides is 2. The molecule has 0 saturated carbocycles. The third kappa shape index (κ3) is 4.10. The molecule has 2 aromatic heterocycles. The molecule has 8 heteroatoms. The van der Waals surface area contributed by atoms with Crippen LogP contribution in [0.4, 0.5) is 0 Å². The highest BCUT2D eigenvalue weighted by atomic mass is 16.3. The topological polar surface area (TPSA) is 88.7 Å². The van der Waals surface area contributed by atoms with Gasteiger partial charge in [-0.05, 0) is 42.8 Å². The molecule has 1 saturated heterocycles. The van der Waals surface area contributed by atoms with Crippen molar-refractivity contribution in [3.63, 3.8) is 0 Å². The summed E-state index contributed by atoms with van der Waals surface area (Å²) in [6, 6.07) is 18.4. The Balaban J connectivity index is 1.36. The van der Waals surface area contributed by atoms with E-state index in [4.69, 9.17) is 4.42 Å². The van der Waals surface area contributed by atoms with Crippen LogP contribution in [0.1, 0.15) is 32.2 Å². The Morgan fingerprint density at radius 1 is 0.912 bits per heavy atom. The van der Waals surface area contributed by atoms with Gasteiger partial charge >= 0.3 is 0 Å². The second kappa shape index (κ2) is 8.97. The van der Waals surface area contributed by atoms with Crippen molar-refractivity contribution < 1.29 is 14.0 Å². The minimum atomic E-state index is -0.168. The van der Waals surface area contributed by atoms with Crippen molar-refractivity contribution in [3.05, 3.63) is 99.9 Å². The van der Waals surface area contributed by atoms with E-state index in [1.54, 1.807) is 51.6 Å². The van der Waals surface area contributed by atoms with Crippen LogP contribution in [0.15, 0.2) is 76.1 Å². The van der Waals surface area contributed by atoms with Crippen LogP contribution >= 0.6 is 0 Å². The Kier molecular flexibility index (Phi) is 5.71. The van der Waals surface area contributed by atoms with E-state index in [1.165, 1.54) is 6.26 Å². The first-order chi connectivity index (χ1) is 16.5. The van der Waals surface area contributed by atoms with Gasteiger partial charge in [0.1, 0.15) is 5.69 Å². The lowest BCUT2D eigenvalue weighted by Gasteiger charge is -2.34. The minimum absolute atomic E-state index is 0.118. The van der Waals surface area contributed by atoms with Gasteiger partial charge in [-0.3, -0.25) is 14.4 Å². The smallest absolute Gasteiger partial charge is 0.289 e. The third-order valence-corrected chi connectivity index (χ3v) is 6.13. The number of piperazine rings is 1. The largest absolute Gasteiger partial charge is 0.459 e. The second-order valence-corrected chi connectivity index (χ2v) is 8.34. The van der Waals surface area contributed by atoms with Gasteiger partial charge in [0.25, 0.3) is 17.4 Å². The van der Waals surface area contributed by atoms with Crippen molar-refractivity contribution in [2.45, 2.75) is 13.5 Å². The predicted octanol–water partition coefficient (Wildman–Crippen LogP) is 2.94. The van der Waals surface area contributed by atoms with Crippen LogP contribution in [0.25, 0.3) is 11.0 Å². The van der Waals surface area contributed by atoms with Crippen LogP contribution in [-0.4, -0.2) is 57.3 Å². The number of furan rings is 1. The molecule has 3 heterocycles. The van der Waals surface area contributed by atoms with Crippen LogP contribution in [0.2, 0.25) is 0 Å². The first-order valence-corrected chi connectivity index (χ1v) is 11.2. The van der Waals surface area contributed by atoms with Crippen molar-refractivity contribution in [3.8, 4) is 0 Å². The molecule has 0 spiro atoms. The lowest BCUT2D eigenvalue weighted by atomic mass is 10.1. The van der Waals surface area contributed by atoms with Gasteiger partial charge in [0, 0.05) is 31.7 Å². The first kappa shape index (κ1) is 21.6. The molecule has 8 nitrogen and oxygen atoms in total. The lowest BCUT2D eigenvalue weighted by molar-refractivity contribution is 0.0518. The molecule has 0 N–H and O–H groups in total. The Labute approximate surface area is 196 Å². The Morgan fingerprint density at radius 2 is 1.62 bits per heavy atom. The molecule has 1 fully saturated rings. The number of nitrogens with zero attached hydrogens (tertiary/aromatic N) is 4. The van der Waals surface area contributed by atoms with Crippen LogP contribution < -0.4 is 5.56 Å². The maximum atomic E-state index is 13.2. The highest BCUT2D eigenvalue weighted by Gasteiger charge is 2.27. The van der Waals surface area contributed by atoms with E-state index < -0.39 is 0 Å². The summed E-state index contributed by atoms with van der Waals surface area (Å²) in [4.78, 5) is 46.4. The number of aromatic nitrogens is 2. The van der Waals surface area contributed by atoms with Gasteiger partial charge in [0.15, 0.2) is 5.76 Å². The van der Waals surface area contributed by atoms with E-state index in [-0.39, 0.29) is 17.4 Å². The molecule has 0 unspecified atom stereocenters. The molecule has 0 atom stereocenters. The summed E-state index contributed by atoms with van der Waals surface area (Å²) in [7, 11) is 0. The first-order valence-electron chi connectivity index (χ1n) is 11.2. The SMILES string of the molecule is Cc1nc2cc(C(=O)N3CCN(C(=O)c4ccco4)CC3)ccc2n(Cc2ccccc2)c1=O. The molecular formula is C26H24N4O4. The van der Waals surface area contributed by atoms with Crippen molar-refractivity contribution in [1.29, 1.82) is 0 Å². The highest BCUT2D eigenvalue weighted by Crippen LogP contribution is 2.18. The molecular weight excluding hydrogens is 432 g/mol. The monoisotopic (exact) mass is 456 g/mol. The summed E-state index contributed by atoms with van der Waals surface area (Å²) >= 11 is 0. The van der Waals surface area contributed by atoms with Crippen molar-refractivity contribution in [1.82, 2.24) is 19.4 Å². The van der Waals surface area contributed by atoms with E-state index in [1.807, 2.05) is 30.3 Å². The van der Waals surface area contributed by atoms with Crippen molar-refractivity contribution >= 4 is 22.8 Å². The second-order valence-electron chi connectivity index (χ2n) is 8.34. The molecule has 5 rings (SSSR count). The van der Waals surface area contributed by atoms with Gasteiger partial charge in [-0.15, -0.1) is 0 Å². The van der Waals surface area contributed by atoms with Gasteiger partial charge < -0.3 is 18.8 Å². The van der Waals surface area contributed by atoms with Gasteiger partial charge in [-0.25, -0.2) is 4.98 Å². The summed E-state index contributed by atoms with van der Waals surface area (Å²) < 4.78 is 6.89. The maximum absolute atomic E-state index is 13.2. The van der Waals surface area contributed by atoms with Crippen LogP contribution in [0.3, 0.4) is 0 Å². The third-order valence-electron chi connectivity index (χ3n) is 6.13. The summed E-state index contributed by atoms with van der Waals surface area (Å²) in [6.45, 7) is 3.86. The Morgan fingerprint density at radius 3 is 2.29 bits per heavy atom. The number of fused-ring (bicyclic) bond motifs is 1. The van der Waals surface area contributed by atoms with E-state index in [0.29, 0.717) is 60.8 Å². The Hall–Kier alpha value is -4.20. The number of hydrogen-bond donors (Lipinski definition) is 0. The van der Waals surface area contributed by atoms with E-state index in [0.717, 1.165) is 5.56 Å². The van der Waals surface area contributed by atoms with E-state index in [2.05, 4.69) is 4.98 Å². The number of aryl methyl sites for hydroxylation is 1. The van der Waals surface area contributed by atoms with Gasteiger partial charge in [0.05, 0.1) is 23.8 Å². The van der Waals surface area contributed by atoms with Crippen LogP contribution in [0.5, 0.6) is 0 Å². The van der Waals surface area contributed by atoms with E-state index in [9.17, 15) is 14.4 Å². The fraction of sp³-hybridized carbons (Fsp3) is 0.231. The standard InChI is InChI=1S/C26H24N4O4/c1-18-24(31)30(17-19-6-3-2-4-7-19)22-10-9-20(16-21(22)27-18)25(32)28-11-13-29(14-12-28)26(33)23-8-5-15-34-23/h2-10,15-16H,11-14,17H2,1H3. The normalized spacial score (nSPS) is 13.9. The van der Waals surface area contributed by atoms with Gasteiger partial charge in [-0.2, -0.15) is 0 Å². The Bertz CT molecular complexity index is 1400. The zero-order valence-electron chi connectivity index (χ0n) is 18.8. The number of carbonyl (C=O) groups excluding carboxylic acids is 2. The number of rotatable bonds is 4. The fourth-order valence-electron chi connectivity index (χ4n) is 4.28. The minimum Gasteiger partial charge on any atom is -0.459 e. The summed E-state index contributed by atoms with van der Waals surface area (Å²) in [5.74, 6) is 0.0171. The average molecular weight is 457 g/mol. The molecule has 2 aromatic carbocycles. The summed E-state index contributed by atoms with van der Waals surface area (Å²) in [5, 5.41) is 0. The van der Waals surface area contributed by atoms with Crippen molar-refractivity contribution in [2.75, 3.05) is 26.2 Å². The number of hydrogen-bond acceptors (Lipinski definition) is 5. The quantitative estimate of drug-likeness (QED) is 0.471. The molecule has 34 heavy (non-hydrogen) atoms. The highest BCUT2D eigenvalue weighted by molar-refractivity contribution is 5.97. The molecule has 1 aliphatic rings. The van der Waals surface area contributed by atoms with Crippen molar-refractivity contribution in [2.24, 2.45) is 0 Å². The number of carbonyl (C=O) groups is 2. The molecule has 172 valence electrons. The molecule has 0 bridgehead atoms. The zero-order valence-corrected chi connectivity index (χ0v) is 18.8. The molecule has 2 amide bonds. The number of benzene rings is 2. The van der Waals surface area contributed by atoms with Crippen LogP contribution in [-0.2, 0) is 6.54 Å². The molecule has 0 aliphatic carbocycles.